The summed E-state index contributed by atoms with van der Waals surface area (Å²) in [6.07, 6.45) is 4.57. The Bertz CT molecular complexity index is 410. The first-order valence-corrected chi connectivity index (χ1v) is 7.65. The summed E-state index contributed by atoms with van der Waals surface area (Å²) in [6.45, 7) is 4.21. The van der Waals surface area contributed by atoms with Crippen LogP contribution in [0.25, 0.3) is 0 Å². The average Bonchev–Trinajstić information content (AvgIpc) is 2.57. The third-order valence-corrected chi connectivity index (χ3v) is 3.61. The van der Waals surface area contributed by atoms with E-state index in [2.05, 4.69) is 24.0 Å². The lowest BCUT2D eigenvalue weighted by molar-refractivity contribution is 0.502. The molecule has 0 fully saturated rings. The fourth-order valence-corrected chi connectivity index (χ4v) is 2.66. The molecular formula is C10H19N3OS2. The fraction of sp³-hybridized carbons (Fsp3) is 0.800. The number of aromatic nitrogens is 3. The first-order chi connectivity index (χ1) is 7.56. The van der Waals surface area contributed by atoms with E-state index in [0.29, 0.717) is 10.5 Å². The van der Waals surface area contributed by atoms with Crippen molar-refractivity contribution in [2.45, 2.75) is 39.2 Å². The van der Waals surface area contributed by atoms with E-state index in [9.17, 15) is 4.21 Å². The Labute approximate surface area is 104 Å². The minimum atomic E-state index is -0.743. The van der Waals surface area contributed by atoms with E-state index >= 15 is 0 Å². The van der Waals surface area contributed by atoms with Gasteiger partial charge in [-0.15, -0.1) is 0 Å². The molecule has 0 aromatic carbocycles. The number of nitrogens with one attached hydrogen (secondary N) is 1. The second-order valence-electron chi connectivity index (χ2n) is 3.98. The van der Waals surface area contributed by atoms with Crippen LogP contribution in [0.2, 0.25) is 0 Å². The minimum Gasteiger partial charge on any atom is -0.301 e. The molecule has 0 radical (unpaired) electrons. The second-order valence-corrected chi connectivity index (χ2v) is 5.92. The van der Waals surface area contributed by atoms with E-state index in [0.717, 1.165) is 25.1 Å². The maximum Gasteiger partial charge on any atom is 0.195 e. The standard InChI is InChI=1S/C10H19N3OS2/c1-4-5-9-11-12-10(15)13(9)8(2)6-7-16(3)14/h8H,4-7H2,1-3H3,(H,12,15). The molecule has 92 valence electrons. The van der Waals surface area contributed by atoms with Gasteiger partial charge in [-0.25, -0.2) is 0 Å². The summed E-state index contributed by atoms with van der Waals surface area (Å²) in [5, 5.41) is 7.05. The monoisotopic (exact) mass is 261 g/mol. The molecule has 0 saturated heterocycles. The Morgan fingerprint density at radius 2 is 2.31 bits per heavy atom. The first kappa shape index (κ1) is 13.6. The van der Waals surface area contributed by atoms with Crippen LogP contribution < -0.4 is 0 Å². The molecule has 0 aliphatic carbocycles. The number of aromatic amines is 1. The van der Waals surface area contributed by atoms with Crippen molar-refractivity contribution in [3.8, 4) is 0 Å². The van der Waals surface area contributed by atoms with Crippen molar-refractivity contribution in [1.82, 2.24) is 14.8 Å². The molecule has 1 heterocycles. The zero-order valence-electron chi connectivity index (χ0n) is 10.0. The predicted molar refractivity (Wildman–Crippen MR) is 69.7 cm³/mol. The average molecular weight is 261 g/mol. The van der Waals surface area contributed by atoms with Crippen LogP contribution in [0.1, 0.15) is 38.6 Å². The largest absolute Gasteiger partial charge is 0.301 e. The smallest absolute Gasteiger partial charge is 0.195 e. The molecule has 1 aromatic rings. The number of hydrogen-bond donors (Lipinski definition) is 1. The van der Waals surface area contributed by atoms with Gasteiger partial charge >= 0.3 is 0 Å². The van der Waals surface area contributed by atoms with Gasteiger partial charge in [0, 0.05) is 35.3 Å². The van der Waals surface area contributed by atoms with Gasteiger partial charge < -0.3 is 4.57 Å². The molecule has 0 amide bonds. The van der Waals surface area contributed by atoms with Crippen molar-refractivity contribution in [3.63, 3.8) is 0 Å². The molecule has 1 rings (SSSR count). The molecule has 0 aliphatic heterocycles. The van der Waals surface area contributed by atoms with Crippen LogP contribution in [0.3, 0.4) is 0 Å². The minimum absolute atomic E-state index is 0.261. The number of rotatable bonds is 6. The van der Waals surface area contributed by atoms with Gasteiger partial charge in [-0.1, -0.05) is 6.92 Å². The summed E-state index contributed by atoms with van der Waals surface area (Å²) >= 11 is 5.21. The molecule has 0 spiro atoms. The Kier molecular flexibility index (Phi) is 5.34. The van der Waals surface area contributed by atoms with Crippen LogP contribution in [0.15, 0.2) is 0 Å². The number of aryl methyl sites for hydroxylation is 1. The van der Waals surface area contributed by atoms with E-state index in [4.69, 9.17) is 12.2 Å². The van der Waals surface area contributed by atoms with Crippen molar-refractivity contribution < 1.29 is 4.21 Å². The van der Waals surface area contributed by atoms with Crippen LogP contribution in [0.5, 0.6) is 0 Å². The van der Waals surface area contributed by atoms with E-state index in [1.54, 1.807) is 6.26 Å². The van der Waals surface area contributed by atoms with Crippen molar-refractivity contribution >= 4 is 23.0 Å². The van der Waals surface area contributed by atoms with E-state index in [1.807, 2.05) is 4.57 Å². The van der Waals surface area contributed by atoms with Crippen LogP contribution in [0.4, 0.5) is 0 Å². The van der Waals surface area contributed by atoms with Crippen molar-refractivity contribution in [2.24, 2.45) is 0 Å². The van der Waals surface area contributed by atoms with E-state index in [-0.39, 0.29) is 6.04 Å². The highest BCUT2D eigenvalue weighted by Gasteiger charge is 2.12. The second kappa shape index (κ2) is 6.30. The molecule has 1 aromatic heterocycles. The SMILES string of the molecule is CCCc1n[nH]c(=S)n1C(C)CCS(C)=O. The molecule has 1 N–H and O–H groups in total. The van der Waals surface area contributed by atoms with Gasteiger partial charge in [-0.05, 0) is 32.0 Å². The number of H-pyrrole nitrogens is 1. The maximum atomic E-state index is 11.1. The van der Waals surface area contributed by atoms with Crippen LogP contribution in [-0.4, -0.2) is 31.0 Å². The summed E-state index contributed by atoms with van der Waals surface area (Å²) in [5.41, 5.74) is 0. The summed E-state index contributed by atoms with van der Waals surface area (Å²) in [7, 11) is -0.743. The molecule has 0 saturated carbocycles. The Morgan fingerprint density at radius 1 is 1.62 bits per heavy atom. The van der Waals surface area contributed by atoms with Crippen molar-refractivity contribution in [1.29, 1.82) is 0 Å². The third kappa shape index (κ3) is 3.52. The van der Waals surface area contributed by atoms with Crippen molar-refractivity contribution in [2.75, 3.05) is 12.0 Å². The quantitative estimate of drug-likeness (QED) is 0.799. The Morgan fingerprint density at radius 3 is 2.88 bits per heavy atom. The van der Waals surface area contributed by atoms with Gasteiger partial charge in [-0.2, -0.15) is 5.10 Å². The summed E-state index contributed by atoms with van der Waals surface area (Å²) in [4.78, 5) is 0. The van der Waals surface area contributed by atoms with Gasteiger partial charge in [0.25, 0.3) is 0 Å². The summed E-state index contributed by atoms with van der Waals surface area (Å²) in [6, 6.07) is 0.261. The highest BCUT2D eigenvalue weighted by atomic mass is 32.2. The van der Waals surface area contributed by atoms with Gasteiger partial charge in [-0.3, -0.25) is 9.31 Å². The topological polar surface area (TPSA) is 50.7 Å². The maximum absolute atomic E-state index is 11.1. The van der Waals surface area contributed by atoms with Crippen LogP contribution >= 0.6 is 12.2 Å². The van der Waals surface area contributed by atoms with E-state index in [1.165, 1.54) is 0 Å². The number of nitrogens with zero attached hydrogens (tertiary/aromatic N) is 2. The fourth-order valence-electron chi connectivity index (χ4n) is 1.66. The van der Waals surface area contributed by atoms with Gasteiger partial charge in [0.1, 0.15) is 5.82 Å². The zero-order valence-corrected chi connectivity index (χ0v) is 11.7. The van der Waals surface area contributed by atoms with Gasteiger partial charge in [0.2, 0.25) is 0 Å². The highest BCUT2D eigenvalue weighted by Crippen LogP contribution is 2.15. The Balaban J connectivity index is 2.80. The summed E-state index contributed by atoms with van der Waals surface area (Å²) < 4.78 is 13.8. The van der Waals surface area contributed by atoms with Crippen LogP contribution in [-0.2, 0) is 17.2 Å². The molecule has 16 heavy (non-hydrogen) atoms. The molecule has 2 atom stereocenters. The zero-order chi connectivity index (χ0) is 12.1. The lowest BCUT2D eigenvalue weighted by Gasteiger charge is -2.14. The van der Waals surface area contributed by atoms with Crippen LogP contribution in [0, 0.1) is 4.77 Å². The van der Waals surface area contributed by atoms with E-state index < -0.39 is 10.8 Å². The highest BCUT2D eigenvalue weighted by molar-refractivity contribution is 7.84. The Hall–Kier alpha value is -0.490. The molecule has 0 bridgehead atoms. The predicted octanol–water partition coefficient (Wildman–Crippen LogP) is 2.22. The van der Waals surface area contributed by atoms with Gasteiger partial charge in [0.05, 0.1) is 0 Å². The molecular weight excluding hydrogens is 242 g/mol. The summed E-state index contributed by atoms with van der Waals surface area (Å²) in [5.74, 6) is 1.71. The molecule has 2 unspecified atom stereocenters. The van der Waals surface area contributed by atoms with Crippen molar-refractivity contribution in [3.05, 3.63) is 10.6 Å². The molecule has 0 aliphatic rings. The molecule has 4 nitrogen and oxygen atoms in total. The number of hydrogen-bond acceptors (Lipinski definition) is 3. The normalized spacial score (nSPS) is 14.9. The first-order valence-electron chi connectivity index (χ1n) is 5.52. The lowest BCUT2D eigenvalue weighted by atomic mass is 10.2. The molecule has 6 heteroatoms. The third-order valence-electron chi connectivity index (χ3n) is 2.51. The van der Waals surface area contributed by atoms with Gasteiger partial charge in [0.15, 0.2) is 4.77 Å². The lowest BCUT2D eigenvalue weighted by Crippen LogP contribution is -2.12.